The molecule has 174 valence electrons. The van der Waals surface area contributed by atoms with Crippen LogP contribution in [0, 0.1) is 0 Å². The fraction of sp³-hybridized carbons (Fsp3) is 0.292. The van der Waals surface area contributed by atoms with Crippen molar-refractivity contribution in [2.24, 2.45) is 0 Å². The molecular weight excluding hydrogens is 456 g/mol. The van der Waals surface area contributed by atoms with Crippen molar-refractivity contribution in [3.8, 4) is 0 Å². The van der Waals surface area contributed by atoms with Crippen LogP contribution in [0.4, 0.5) is 5.69 Å². The summed E-state index contributed by atoms with van der Waals surface area (Å²) in [6.07, 6.45) is 4.96. The van der Waals surface area contributed by atoms with Crippen LogP contribution in [0.2, 0.25) is 0 Å². The van der Waals surface area contributed by atoms with Crippen molar-refractivity contribution >= 4 is 33.2 Å². The normalized spacial score (nSPS) is 11.3. The van der Waals surface area contributed by atoms with Gasteiger partial charge in [-0.25, -0.2) is 8.42 Å². The van der Waals surface area contributed by atoms with Gasteiger partial charge in [0.05, 0.1) is 10.6 Å². The Morgan fingerprint density at radius 3 is 2.52 bits per heavy atom. The van der Waals surface area contributed by atoms with E-state index in [0.29, 0.717) is 17.5 Å². The third-order valence-electron chi connectivity index (χ3n) is 4.92. The van der Waals surface area contributed by atoms with Gasteiger partial charge in [-0.05, 0) is 42.7 Å². The molecule has 0 aliphatic carbocycles. The second-order valence-electron chi connectivity index (χ2n) is 7.51. The molecule has 0 bridgehead atoms. The molecule has 0 atom stereocenters. The Labute approximate surface area is 199 Å². The van der Waals surface area contributed by atoms with Crippen LogP contribution >= 0.6 is 11.8 Å². The van der Waals surface area contributed by atoms with Crippen molar-refractivity contribution in [1.82, 2.24) is 14.8 Å². The number of amides is 1. The smallest absolute Gasteiger partial charge is 0.234 e. The Bertz CT molecular complexity index is 1170. The highest BCUT2D eigenvalue weighted by atomic mass is 32.2. The van der Waals surface area contributed by atoms with Crippen molar-refractivity contribution in [3.05, 3.63) is 78.6 Å². The van der Waals surface area contributed by atoms with Crippen LogP contribution < -0.4 is 5.32 Å². The van der Waals surface area contributed by atoms with E-state index < -0.39 is 9.84 Å². The molecular formula is C24H28N4O3S2. The molecule has 1 heterocycles. The van der Waals surface area contributed by atoms with Gasteiger partial charge in [-0.1, -0.05) is 61.5 Å². The first-order valence-electron chi connectivity index (χ1n) is 10.8. The molecule has 9 heteroatoms. The summed E-state index contributed by atoms with van der Waals surface area (Å²) < 4.78 is 27.2. The highest BCUT2D eigenvalue weighted by molar-refractivity contribution is 7.99. The van der Waals surface area contributed by atoms with Gasteiger partial charge in [0.1, 0.15) is 11.6 Å². The van der Waals surface area contributed by atoms with E-state index in [1.807, 2.05) is 24.3 Å². The van der Waals surface area contributed by atoms with Crippen molar-refractivity contribution < 1.29 is 13.2 Å². The lowest BCUT2D eigenvalue weighted by molar-refractivity contribution is -0.113. The molecule has 0 fully saturated rings. The zero-order valence-electron chi connectivity index (χ0n) is 18.6. The van der Waals surface area contributed by atoms with Crippen LogP contribution in [0.3, 0.4) is 0 Å². The van der Waals surface area contributed by atoms with Crippen LogP contribution in [0.15, 0.2) is 77.3 Å². The molecule has 0 radical (unpaired) electrons. The van der Waals surface area contributed by atoms with Gasteiger partial charge < -0.3 is 9.88 Å². The number of carbonyl (C=O) groups excluding carboxylic acids is 1. The summed E-state index contributed by atoms with van der Waals surface area (Å²) in [7, 11) is -3.57. The van der Waals surface area contributed by atoms with Crippen molar-refractivity contribution in [3.63, 3.8) is 0 Å². The summed E-state index contributed by atoms with van der Waals surface area (Å²) in [5.41, 5.74) is 1.99. The first kappa shape index (κ1) is 24.7. The summed E-state index contributed by atoms with van der Waals surface area (Å²) in [6.45, 7) is 6.24. The van der Waals surface area contributed by atoms with Crippen molar-refractivity contribution in [2.75, 3.05) is 11.1 Å². The third-order valence-corrected chi connectivity index (χ3v) is 7.51. The number of sulfone groups is 1. The summed E-state index contributed by atoms with van der Waals surface area (Å²) in [6, 6.07) is 16.1. The van der Waals surface area contributed by atoms with E-state index >= 15 is 0 Å². The van der Waals surface area contributed by atoms with Crippen LogP contribution in [0.1, 0.15) is 31.2 Å². The number of nitrogens with one attached hydrogen (secondary N) is 1. The summed E-state index contributed by atoms with van der Waals surface area (Å²) in [5.74, 6) is -0.0231. The van der Waals surface area contributed by atoms with Gasteiger partial charge in [0.2, 0.25) is 5.91 Å². The Balaban J connectivity index is 1.63. The number of thioether (sulfide) groups is 1. The highest BCUT2D eigenvalue weighted by Crippen LogP contribution is 2.21. The van der Waals surface area contributed by atoms with Gasteiger partial charge in [0.25, 0.3) is 0 Å². The molecule has 33 heavy (non-hydrogen) atoms. The zero-order valence-corrected chi connectivity index (χ0v) is 20.2. The number of rotatable bonds is 12. The molecule has 1 amide bonds. The number of benzene rings is 2. The minimum Gasteiger partial charge on any atom is -0.325 e. The number of hydrogen-bond donors (Lipinski definition) is 1. The number of aromatic nitrogens is 3. The van der Waals surface area contributed by atoms with E-state index in [-0.39, 0.29) is 22.3 Å². The number of hydrogen-bond acceptors (Lipinski definition) is 6. The Morgan fingerprint density at radius 1 is 1.12 bits per heavy atom. The van der Waals surface area contributed by atoms with Crippen LogP contribution in [0.25, 0.3) is 0 Å². The molecule has 3 rings (SSSR count). The molecule has 1 aromatic heterocycles. The topological polar surface area (TPSA) is 93.9 Å². The predicted molar refractivity (Wildman–Crippen MR) is 132 cm³/mol. The standard InChI is InChI=1S/C24H28N4O3S2/c1-3-5-9-19-12-14-20(15-13-19)25-23(29)17-32-24-27-26-22(28(24)16-4-2)18-33(30,31)21-10-7-6-8-11-21/h4,6-8,10-15H,2-3,5,9,16-18H2,1H3,(H,25,29). The van der Waals surface area contributed by atoms with E-state index in [2.05, 4.69) is 29.0 Å². The van der Waals surface area contributed by atoms with E-state index in [1.54, 1.807) is 41.0 Å². The SMILES string of the molecule is C=CCn1c(CS(=O)(=O)c2ccccc2)nnc1SCC(=O)Nc1ccc(CCCC)cc1. The molecule has 3 aromatic rings. The lowest BCUT2D eigenvalue weighted by atomic mass is 10.1. The molecule has 0 saturated carbocycles. The quantitative estimate of drug-likeness (QED) is 0.300. The number of unbranched alkanes of at least 4 members (excludes halogenated alkanes) is 1. The average Bonchev–Trinajstić information content (AvgIpc) is 3.18. The molecule has 0 aliphatic rings. The highest BCUT2D eigenvalue weighted by Gasteiger charge is 2.21. The van der Waals surface area contributed by atoms with Crippen molar-refractivity contribution in [2.45, 2.75) is 48.5 Å². The summed E-state index contributed by atoms with van der Waals surface area (Å²) in [4.78, 5) is 12.7. The van der Waals surface area contributed by atoms with Crippen LogP contribution in [-0.2, 0) is 33.4 Å². The molecule has 0 aliphatic heterocycles. The number of carbonyl (C=O) groups is 1. The van der Waals surface area contributed by atoms with Crippen molar-refractivity contribution in [1.29, 1.82) is 0 Å². The van der Waals surface area contributed by atoms with Gasteiger partial charge in [-0.2, -0.15) is 0 Å². The minimum absolute atomic E-state index is 0.123. The first-order chi connectivity index (χ1) is 15.9. The van der Waals surface area contributed by atoms with E-state index in [9.17, 15) is 13.2 Å². The number of aryl methyl sites for hydroxylation is 1. The Hall–Kier alpha value is -2.91. The van der Waals surface area contributed by atoms with E-state index in [4.69, 9.17) is 0 Å². The number of anilines is 1. The van der Waals surface area contributed by atoms with Gasteiger partial charge in [-0.3, -0.25) is 4.79 Å². The predicted octanol–water partition coefficient (Wildman–Crippen LogP) is 4.51. The fourth-order valence-electron chi connectivity index (χ4n) is 3.19. The Morgan fingerprint density at radius 2 is 1.85 bits per heavy atom. The third kappa shape index (κ3) is 7.03. The summed E-state index contributed by atoms with van der Waals surface area (Å²) >= 11 is 1.21. The van der Waals surface area contributed by atoms with Crippen LogP contribution in [-0.4, -0.2) is 34.8 Å². The Kier molecular flexibility index (Phi) is 8.85. The number of allylic oxidation sites excluding steroid dienone is 1. The maximum Gasteiger partial charge on any atom is 0.234 e. The van der Waals surface area contributed by atoms with Gasteiger partial charge in [0.15, 0.2) is 15.0 Å². The summed E-state index contributed by atoms with van der Waals surface area (Å²) in [5, 5.41) is 11.5. The van der Waals surface area contributed by atoms with Gasteiger partial charge in [0, 0.05) is 12.2 Å². The molecule has 0 spiro atoms. The first-order valence-corrected chi connectivity index (χ1v) is 13.4. The molecule has 1 N–H and O–H groups in total. The van der Waals surface area contributed by atoms with Crippen LogP contribution in [0.5, 0.6) is 0 Å². The van der Waals surface area contributed by atoms with Gasteiger partial charge >= 0.3 is 0 Å². The zero-order chi connectivity index (χ0) is 23.7. The second-order valence-corrected chi connectivity index (χ2v) is 10.4. The number of nitrogens with zero attached hydrogens (tertiary/aromatic N) is 3. The largest absolute Gasteiger partial charge is 0.325 e. The van der Waals surface area contributed by atoms with E-state index in [0.717, 1.165) is 24.9 Å². The lowest BCUT2D eigenvalue weighted by Crippen LogP contribution is -2.15. The molecule has 2 aromatic carbocycles. The maximum absolute atomic E-state index is 12.7. The average molecular weight is 485 g/mol. The van der Waals surface area contributed by atoms with E-state index in [1.165, 1.54) is 17.3 Å². The molecule has 0 unspecified atom stereocenters. The minimum atomic E-state index is -3.57. The van der Waals surface area contributed by atoms with Gasteiger partial charge in [-0.15, -0.1) is 16.8 Å². The molecule has 0 saturated heterocycles. The maximum atomic E-state index is 12.7. The fourth-order valence-corrected chi connectivity index (χ4v) is 5.25. The lowest BCUT2D eigenvalue weighted by Gasteiger charge is -2.09. The monoisotopic (exact) mass is 484 g/mol. The molecule has 7 nitrogen and oxygen atoms in total. The second kappa shape index (κ2) is 11.8.